The van der Waals surface area contributed by atoms with Gasteiger partial charge in [0.05, 0.1) is 10.7 Å². The van der Waals surface area contributed by atoms with Crippen molar-refractivity contribution in [2.75, 3.05) is 0 Å². The monoisotopic (exact) mass is 262 g/mol. The van der Waals surface area contributed by atoms with Crippen molar-refractivity contribution in [1.29, 1.82) is 0 Å². The number of aryl methyl sites for hydroxylation is 1. The number of aromatic nitrogens is 2. The van der Waals surface area contributed by atoms with Gasteiger partial charge in [-0.25, -0.2) is 4.98 Å². The van der Waals surface area contributed by atoms with Gasteiger partial charge in [0.25, 0.3) is 0 Å². The molecule has 4 nitrogen and oxygen atoms in total. The molecule has 1 N–H and O–H groups in total. The van der Waals surface area contributed by atoms with E-state index >= 15 is 0 Å². The number of carboxylic acids is 1. The highest BCUT2D eigenvalue weighted by Crippen LogP contribution is 2.15. The molecule has 0 aromatic carbocycles. The highest BCUT2D eigenvalue weighted by atomic mass is 32.1. The van der Waals surface area contributed by atoms with E-state index in [0.29, 0.717) is 6.42 Å². The second kappa shape index (κ2) is 6.26. The normalized spacial score (nSPS) is 10.4. The predicted molar refractivity (Wildman–Crippen MR) is 69.7 cm³/mol. The van der Waals surface area contributed by atoms with Gasteiger partial charge in [-0.2, -0.15) is 0 Å². The van der Waals surface area contributed by atoms with Crippen molar-refractivity contribution in [3.05, 3.63) is 46.2 Å². The summed E-state index contributed by atoms with van der Waals surface area (Å²) in [6.45, 7) is 0. The molecule has 0 spiro atoms. The summed E-state index contributed by atoms with van der Waals surface area (Å²) in [5.41, 5.74) is 2.18. The summed E-state index contributed by atoms with van der Waals surface area (Å²) in [5.74, 6) is -0.748. The van der Waals surface area contributed by atoms with Gasteiger partial charge in [0, 0.05) is 30.6 Å². The fourth-order valence-electron chi connectivity index (χ4n) is 1.64. The molecule has 0 radical (unpaired) electrons. The van der Waals surface area contributed by atoms with Gasteiger partial charge in [0.15, 0.2) is 0 Å². The van der Waals surface area contributed by atoms with E-state index in [-0.39, 0.29) is 6.42 Å². The Morgan fingerprint density at radius 3 is 2.83 bits per heavy atom. The molecule has 0 aliphatic carbocycles. The summed E-state index contributed by atoms with van der Waals surface area (Å²) < 4.78 is 0. The number of carboxylic acid groups (broad SMARTS) is 1. The van der Waals surface area contributed by atoms with Gasteiger partial charge >= 0.3 is 5.97 Å². The van der Waals surface area contributed by atoms with Crippen molar-refractivity contribution in [1.82, 2.24) is 9.97 Å². The van der Waals surface area contributed by atoms with Gasteiger partial charge in [0.1, 0.15) is 0 Å². The minimum Gasteiger partial charge on any atom is -0.481 e. The summed E-state index contributed by atoms with van der Waals surface area (Å²) in [6.07, 6.45) is 5.95. The van der Waals surface area contributed by atoms with Crippen LogP contribution in [0.4, 0.5) is 0 Å². The SMILES string of the molecule is O=C(O)CCCc1csc(Cc2ccncc2)n1. The Bertz CT molecular complexity index is 511. The zero-order chi connectivity index (χ0) is 12.8. The number of thiazole rings is 1. The number of hydrogen-bond acceptors (Lipinski definition) is 4. The third-order valence-electron chi connectivity index (χ3n) is 2.53. The van der Waals surface area contributed by atoms with E-state index in [2.05, 4.69) is 9.97 Å². The van der Waals surface area contributed by atoms with Gasteiger partial charge in [-0.3, -0.25) is 9.78 Å². The van der Waals surface area contributed by atoms with Crippen LogP contribution in [-0.4, -0.2) is 21.0 Å². The van der Waals surface area contributed by atoms with E-state index in [1.165, 1.54) is 5.56 Å². The fraction of sp³-hybridized carbons (Fsp3) is 0.308. The second-order valence-corrected chi connectivity index (χ2v) is 4.95. The largest absolute Gasteiger partial charge is 0.481 e. The molecule has 0 atom stereocenters. The summed E-state index contributed by atoms with van der Waals surface area (Å²) in [6, 6.07) is 3.96. The van der Waals surface area contributed by atoms with Crippen molar-refractivity contribution >= 4 is 17.3 Å². The van der Waals surface area contributed by atoms with Crippen LogP contribution in [0.1, 0.15) is 29.1 Å². The zero-order valence-corrected chi connectivity index (χ0v) is 10.7. The van der Waals surface area contributed by atoms with Crippen molar-refractivity contribution < 1.29 is 9.90 Å². The lowest BCUT2D eigenvalue weighted by molar-refractivity contribution is -0.137. The third-order valence-corrected chi connectivity index (χ3v) is 3.43. The Morgan fingerprint density at radius 2 is 2.11 bits per heavy atom. The van der Waals surface area contributed by atoms with Crippen LogP contribution in [0.25, 0.3) is 0 Å². The minimum atomic E-state index is -0.748. The number of rotatable bonds is 6. The molecule has 94 valence electrons. The Labute approximate surface area is 109 Å². The van der Waals surface area contributed by atoms with Crippen LogP contribution in [0.15, 0.2) is 29.9 Å². The van der Waals surface area contributed by atoms with Crippen LogP contribution >= 0.6 is 11.3 Å². The van der Waals surface area contributed by atoms with Crippen LogP contribution in [-0.2, 0) is 17.6 Å². The van der Waals surface area contributed by atoms with Crippen LogP contribution in [0, 0.1) is 0 Å². The summed E-state index contributed by atoms with van der Waals surface area (Å²) in [5, 5.41) is 11.6. The first-order valence-corrected chi connectivity index (χ1v) is 6.66. The Balaban J connectivity index is 1.88. The van der Waals surface area contributed by atoms with Crippen molar-refractivity contribution in [3.8, 4) is 0 Å². The van der Waals surface area contributed by atoms with Gasteiger partial charge in [-0.1, -0.05) is 0 Å². The first-order chi connectivity index (χ1) is 8.74. The summed E-state index contributed by atoms with van der Waals surface area (Å²) >= 11 is 1.62. The van der Waals surface area contributed by atoms with Gasteiger partial charge < -0.3 is 5.11 Å². The van der Waals surface area contributed by atoms with Crippen LogP contribution in [0.2, 0.25) is 0 Å². The van der Waals surface area contributed by atoms with Crippen LogP contribution < -0.4 is 0 Å². The maximum absolute atomic E-state index is 10.4. The first-order valence-electron chi connectivity index (χ1n) is 5.78. The number of carbonyl (C=O) groups is 1. The standard InChI is InChI=1S/C13H14N2O2S/c16-13(17)3-1-2-11-9-18-12(15-11)8-10-4-6-14-7-5-10/h4-7,9H,1-3,8H2,(H,16,17). The van der Waals surface area contributed by atoms with Crippen molar-refractivity contribution in [3.63, 3.8) is 0 Å². The molecule has 0 unspecified atom stereocenters. The number of pyridine rings is 1. The molecule has 0 fully saturated rings. The summed E-state index contributed by atoms with van der Waals surface area (Å²) in [7, 11) is 0. The van der Waals surface area contributed by atoms with E-state index in [1.807, 2.05) is 17.5 Å². The smallest absolute Gasteiger partial charge is 0.303 e. The minimum absolute atomic E-state index is 0.206. The van der Waals surface area contributed by atoms with Crippen LogP contribution in [0.3, 0.4) is 0 Å². The van der Waals surface area contributed by atoms with E-state index in [4.69, 9.17) is 5.11 Å². The molecule has 0 aliphatic heterocycles. The van der Waals surface area contributed by atoms with E-state index < -0.39 is 5.97 Å². The van der Waals surface area contributed by atoms with Crippen molar-refractivity contribution in [2.45, 2.75) is 25.7 Å². The van der Waals surface area contributed by atoms with E-state index in [9.17, 15) is 4.79 Å². The van der Waals surface area contributed by atoms with Gasteiger partial charge in [-0.15, -0.1) is 11.3 Å². The van der Waals surface area contributed by atoms with Gasteiger partial charge in [0.2, 0.25) is 0 Å². The lowest BCUT2D eigenvalue weighted by atomic mass is 10.2. The molecule has 0 saturated heterocycles. The molecule has 2 aromatic rings. The average molecular weight is 262 g/mol. The summed E-state index contributed by atoms with van der Waals surface area (Å²) in [4.78, 5) is 18.9. The third kappa shape index (κ3) is 3.92. The van der Waals surface area contributed by atoms with Gasteiger partial charge in [-0.05, 0) is 30.5 Å². The topological polar surface area (TPSA) is 63.1 Å². The molecule has 2 aromatic heterocycles. The Hall–Kier alpha value is -1.75. The van der Waals surface area contributed by atoms with Crippen LogP contribution in [0.5, 0.6) is 0 Å². The molecule has 18 heavy (non-hydrogen) atoms. The Kier molecular flexibility index (Phi) is 4.41. The molecule has 2 heterocycles. The Morgan fingerprint density at radius 1 is 1.33 bits per heavy atom. The predicted octanol–water partition coefficient (Wildman–Crippen LogP) is 2.54. The number of aliphatic carboxylic acids is 1. The highest BCUT2D eigenvalue weighted by Gasteiger charge is 2.04. The molecule has 5 heteroatoms. The van der Waals surface area contributed by atoms with E-state index in [0.717, 1.165) is 23.5 Å². The molecule has 0 aliphatic rings. The molecule has 0 amide bonds. The molecule has 0 saturated carbocycles. The molecular formula is C13H14N2O2S. The van der Waals surface area contributed by atoms with E-state index in [1.54, 1.807) is 23.7 Å². The maximum Gasteiger partial charge on any atom is 0.303 e. The first kappa shape index (κ1) is 12.7. The average Bonchev–Trinajstić information content (AvgIpc) is 2.78. The number of hydrogen-bond donors (Lipinski definition) is 1. The maximum atomic E-state index is 10.4. The number of nitrogens with zero attached hydrogens (tertiary/aromatic N) is 2. The second-order valence-electron chi connectivity index (χ2n) is 4.01. The lowest BCUT2D eigenvalue weighted by Gasteiger charge is -1.96. The highest BCUT2D eigenvalue weighted by molar-refractivity contribution is 7.09. The zero-order valence-electron chi connectivity index (χ0n) is 9.87. The molecule has 0 bridgehead atoms. The fourth-order valence-corrected chi connectivity index (χ4v) is 2.50. The quantitative estimate of drug-likeness (QED) is 0.869. The molecule has 2 rings (SSSR count). The lowest BCUT2D eigenvalue weighted by Crippen LogP contribution is -1.96. The van der Waals surface area contributed by atoms with Crippen molar-refractivity contribution in [2.24, 2.45) is 0 Å². The molecular weight excluding hydrogens is 248 g/mol.